The van der Waals surface area contributed by atoms with Gasteiger partial charge < -0.3 is 10.5 Å². The lowest BCUT2D eigenvalue weighted by Crippen LogP contribution is -2.23. The molecule has 1 unspecified atom stereocenters. The Morgan fingerprint density at radius 3 is 2.89 bits per heavy atom. The molecule has 0 radical (unpaired) electrons. The van der Waals surface area contributed by atoms with Crippen LogP contribution in [0.3, 0.4) is 0 Å². The Balaban J connectivity index is 3.27. The zero-order chi connectivity index (χ0) is 7.28. The first-order valence-corrected chi connectivity index (χ1v) is 2.71. The molecule has 0 aliphatic heterocycles. The van der Waals surface area contributed by atoms with E-state index in [-0.39, 0.29) is 12.6 Å². The molecule has 0 aromatic carbocycles. The van der Waals surface area contributed by atoms with Crippen molar-refractivity contribution in [2.45, 2.75) is 13.0 Å². The lowest BCUT2D eigenvalue weighted by Gasteiger charge is -2.03. The molecule has 3 nitrogen and oxygen atoms in total. The molecule has 1 atom stereocenters. The quantitative estimate of drug-likeness (QED) is 0.433. The van der Waals surface area contributed by atoms with Crippen LogP contribution in [-0.2, 0) is 9.53 Å². The molecule has 0 aromatic heterocycles. The average Bonchev–Trinajstić information content (AvgIpc) is 1.83. The molecule has 0 amide bonds. The number of carbonyl (C=O) groups is 1. The predicted molar refractivity (Wildman–Crippen MR) is 34.8 cm³/mol. The standard InChI is InChI=1S/C6H11NO2/c1-3-6(8)9-4-5(2)7/h3,5H,1,4,7H2,2H3. The van der Waals surface area contributed by atoms with Crippen LogP contribution >= 0.6 is 0 Å². The van der Waals surface area contributed by atoms with E-state index in [0.717, 1.165) is 6.08 Å². The fraction of sp³-hybridized carbons (Fsp3) is 0.500. The zero-order valence-electron chi connectivity index (χ0n) is 5.46. The Bertz CT molecular complexity index is 110. The smallest absolute Gasteiger partial charge is 0.330 e. The molecular formula is C6H11NO2. The lowest BCUT2D eigenvalue weighted by atomic mass is 10.4. The van der Waals surface area contributed by atoms with Crippen LogP contribution in [0.15, 0.2) is 12.7 Å². The molecule has 52 valence electrons. The fourth-order valence-electron chi connectivity index (χ4n) is 0.273. The van der Waals surface area contributed by atoms with Gasteiger partial charge >= 0.3 is 5.97 Å². The van der Waals surface area contributed by atoms with Gasteiger partial charge in [0.1, 0.15) is 6.61 Å². The summed E-state index contributed by atoms with van der Waals surface area (Å²) in [5.41, 5.74) is 5.28. The minimum absolute atomic E-state index is 0.103. The fourth-order valence-corrected chi connectivity index (χ4v) is 0.273. The zero-order valence-corrected chi connectivity index (χ0v) is 5.46. The number of nitrogens with two attached hydrogens (primary N) is 1. The molecular weight excluding hydrogens is 118 g/mol. The van der Waals surface area contributed by atoms with Crippen LogP contribution in [0.5, 0.6) is 0 Å². The Morgan fingerprint density at radius 2 is 2.56 bits per heavy atom. The Morgan fingerprint density at radius 1 is 2.00 bits per heavy atom. The first-order valence-electron chi connectivity index (χ1n) is 2.71. The summed E-state index contributed by atoms with van der Waals surface area (Å²) in [7, 11) is 0. The maximum absolute atomic E-state index is 10.3. The van der Waals surface area contributed by atoms with Crippen molar-refractivity contribution >= 4 is 5.97 Å². The number of ether oxygens (including phenoxy) is 1. The summed E-state index contributed by atoms with van der Waals surface area (Å²) in [5.74, 6) is -0.424. The second-order valence-electron chi connectivity index (χ2n) is 1.81. The number of carbonyl (C=O) groups excluding carboxylic acids is 1. The number of hydrogen-bond donors (Lipinski definition) is 1. The van der Waals surface area contributed by atoms with Gasteiger partial charge in [-0.25, -0.2) is 4.79 Å². The molecule has 0 fully saturated rings. The minimum Gasteiger partial charge on any atom is -0.461 e. The summed E-state index contributed by atoms with van der Waals surface area (Å²) in [6.07, 6.45) is 1.11. The van der Waals surface area contributed by atoms with E-state index in [0.29, 0.717) is 0 Å². The summed E-state index contributed by atoms with van der Waals surface area (Å²) in [6, 6.07) is -0.103. The molecule has 2 N–H and O–H groups in total. The van der Waals surface area contributed by atoms with Gasteiger partial charge in [-0.15, -0.1) is 0 Å². The van der Waals surface area contributed by atoms with Crippen LogP contribution in [0, 0.1) is 0 Å². The molecule has 9 heavy (non-hydrogen) atoms. The van der Waals surface area contributed by atoms with E-state index in [2.05, 4.69) is 11.3 Å². The van der Waals surface area contributed by atoms with Crippen molar-refractivity contribution < 1.29 is 9.53 Å². The molecule has 0 saturated heterocycles. The van der Waals surface area contributed by atoms with Gasteiger partial charge in [0.25, 0.3) is 0 Å². The van der Waals surface area contributed by atoms with E-state index in [4.69, 9.17) is 5.73 Å². The van der Waals surface area contributed by atoms with E-state index in [1.165, 1.54) is 0 Å². The normalized spacial score (nSPS) is 12.2. The van der Waals surface area contributed by atoms with E-state index in [1.54, 1.807) is 6.92 Å². The van der Waals surface area contributed by atoms with Crippen molar-refractivity contribution in [3.8, 4) is 0 Å². The second kappa shape index (κ2) is 4.09. The van der Waals surface area contributed by atoms with Crippen molar-refractivity contribution in [1.82, 2.24) is 0 Å². The highest BCUT2D eigenvalue weighted by molar-refractivity contribution is 5.81. The van der Waals surface area contributed by atoms with Gasteiger partial charge in [-0.2, -0.15) is 0 Å². The molecule has 0 rings (SSSR count). The number of esters is 1. The molecule has 0 bridgehead atoms. The summed E-state index contributed by atoms with van der Waals surface area (Å²) in [5, 5.41) is 0. The Labute approximate surface area is 54.5 Å². The third-order valence-corrected chi connectivity index (χ3v) is 0.655. The van der Waals surface area contributed by atoms with Crippen LogP contribution < -0.4 is 5.73 Å². The second-order valence-corrected chi connectivity index (χ2v) is 1.81. The lowest BCUT2D eigenvalue weighted by molar-refractivity contribution is -0.138. The van der Waals surface area contributed by atoms with Crippen LogP contribution in [-0.4, -0.2) is 18.6 Å². The highest BCUT2D eigenvalue weighted by Crippen LogP contribution is 1.81. The molecule has 0 aromatic rings. The largest absolute Gasteiger partial charge is 0.461 e. The van der Waals surface area contributed by atoms with Gasteiger partial charge in [0.05, 0.1) is 0 Å². The van der Waals surface area contributed by atoms with Gasteiger partial charge in [-0.05, 0) is 6.92 Å². The molecule has 0 heterocycles. The van der Waals surface area contributed by atoms with Crippen LogP contribution in [0.25, 0.3) is 0 Å². The minimum atomic E-state index is -0.424. The maximum Gasteiger partial charge on any atom is 0.330 e. The van der Waals surface area contributed by atoms with Gasteiger partial charge in [0.15, 0.2) is 0 Å². The third kappa shape index (κ3) is 5.03. The predicted octanol–water partition coefficient (Wildman–Crippen LogP) is 0.0628. The van der Waals surface area contributed by atoms with Gasteiger partial charge in [-0.1, -0.05) is 6.58 Å². The molecule has 3 heteroatoms. The van der Waals surface area contributed by atoms with Crippen molar-refractivity contribution in [2.75, 3.05) is 6.61 Å². The van der Waals surface area contributed by atoms with Crippen molar-refractivity contribution in [3.05, 3.63) is 12.7 Å². The summed E-state index contributed by atoms with van der Waals surface area (Å²) >= 11 is 0. The molecule has 0 aliphatic carbocycles. The van der Waals surface area contributed by atoms with Gasteiger partial charge in [0.2, 0.25) is 0 Å². The topological polar surface area (TPSA) is 52.3 Å². The SMILES string of the molecule is C=CC(=O)OCC(C)N. The summed E-state index contributed by atoms with van der Waals surface area (Å²) in [6.45, 7) is 5.24. The van der Waals surface area contributed by atoms with Gasteiger partial charge in [-0.3, -0.25) is 0 Å². The molecule has 0 saturated carbocycles. The van der Waals surface area contributed by atoms with Crippen LogP contribution in [0.2, 0.25) is 0 Å². The van der Waals surface area contributed by atoms with Gasteiger partial charge in [0, 0.05) is 12.1 Å². The van der Waals surface area contributed by atoms with E-state index in [1.807, 2.05) is 0 Å². The average molecular weight is 129 g/mol. The Kier molecular flexibility index (Phi) is 3.71. The summed E-state index contributed by atoms with van der Waals surface area (Å²) in [4.78, 5) is 10.3. The highest BCUT2D eigenvalue weighted by Gasteiger charge is 1.96. The first-order chi connectivity index (χ1) is 4.16. The monoisotopic (exact) mass is 129 g/mol. The van der Waals surface area contributed by atoms with Crippen molar-refractivity contribution in [1.29, 1.82) is 0 Å². The van der Waals surface area contributed by atoms with Crippen LogP contribution in [0.4, 0.5) is 0 Å². The third-order valence-electron chi connectivity index (χ3n) is 0.655. The number of hydrogen-bond acceptors (Lipinski definition) is 3. The van der Waals surface area contributed by atoms with Crippen molar-refractivity contribution in [3.63, 3.8) is 0 Å². The van der Waals surface area contributed by atoms with Crippen molar-refractivity contribution in [2.24, 2.45) is 5.73 Å². The van der Waals surface area contributed by atoms with E-state index in [9.17, 15) is 4.79 Å². The summed E-state index contributed by atoms with van der Waals surface area (Å²) < 4.78 is 4.57. The van der Waals surface area contributed by atoms with E-state index < -0.39 is 5.97 Å². The Hall–Kier alpha value is -0.830. The maximum atomic E-state index is 10.3. The molecule has 0 aliphatic rings. The van der Waals surface area contributed by atoms with Crippen LogP contribution in [0.1, 0.15) is 6.92 Å². The highest BCUT2D eigenvalue weighted by atomic mass is 16.5. The first kappa shape index (κ1) is 8.17. The number of rotatable bonds is 3. The molecule has 0 spiro atoms. The van der Waals surface area contributed by atoms with E-state index >= 15 is 0 Å².